The second-order valence-corrected chi connectivity index (χ2v) is 5.50. The van der Waals surface area contributed by atoms with Gasteiger partial charge in [0.05, 0.1) is 7.11 Å². The molecule has 1 N–H and O–H groups in total. The van der Waals surface area contributed by atoms with Crippen LogP contribution in [-0.4, -0.2) is 32.8 Å². The lowest BCUT2D eigenvalue weighted by molar-refractivity contribution is 0.283. The number of ether oxygens (including phenoxy) is 1. The SMILES string of the molecule is COc1ccc(N(C)CC2(C)CCCCN2)cc1. The van der Waals surface area contributed by atoms with Gasteiger partial charge in [-0.1, -0.05) is 6.42 Å². The molecule has 1 saturated heterocycles. The van der Waals surface area contributed by atoms with E-state index in [1.54, 1.807) is 7.11 Å². The van der Waals surface area contributed by atoms with Gasteiger partial charge in [-0.15, -0.1) is 0 Å². The Hall–Kier alpha value is -1.22. The number of likely N-dealkylation sites (N-methyl/N-ethyl adjacent to an activating group) is 1. The van der Waals surface area contributed by atoms with Gasteiger partial charge in [0.2, 0.25) is 0 Å². The molecule has 1 fully saturated rings. The molecule has 18 heavy (non-hydrogen) atoms. The number of anilines is 1. The first kappa shape index (κ1) is 13.2. The number of hydrogen-bond acceptors (Lipinski definition) is 3. The van der Waals surface area contributed by atoms with Gasteiger partial charge in [-0.25, -0.2) is 0 Å². The third kappa shape index (κ3) is 3.16. The summed E-state index contributed by atoms with van der Waals surface area (Å²) >= 11 is 0. The van der Waals surface area contributed by atoms with Gasteiger partial charge >= 0.3 is 0 Å². The van der Waals surface area contributed by atoms with Crippen LogP contribution in [-0.2, 0) is 0 Å². The molecule has 1 aliphatic rings. The molecule has 100 valence electrons. The lowest BCUT2D eigenvalue weighted by Crippen LogP contribution is -2.53. The number of nitrogens with one attached hydrogen (secondary N) is 1. The van der Waals surface area contributed by atoms with Gasteiger partial charge in [-0.05, 0) is 50.6 Å². The zero-order valence-corrected chi connectivity index (χ0v) is 11.7. The van der Waals surface area contributed by atoms with Gasteiger partial charge in [0.25, 0.3) is 0 Å². The summed E-state index contributed by atoms with van der Waals surface area (Å²) in [7, 11) is 3.86. The molecule has 2 rings (SSSR count). The molecule has 1 atom stereocenters. The van der Waals surface area contributed by atoms with E-state index >= 15 is 0 Å². The van der Waals surface area contributed by atoms with Crippen molar-refractivity contribution in [3.05, 3.63) is 24.3 Å². The van der Waals surface area contributed by atoms with Crippen LogP contribution in [0.1, 0.15) is 26.2 Å². The molecule has 1 aliphatic heterocycles. The summed E-state index contributed by atoms with van der Waals surface area (Å²) in [5.74, 6) is 0.911. The van der Waals surface area contributed by atoms with Crippen LogP contribution in [0.25, 0.3) is 0 Å². The molecule has 1 aromatic carbocycles. The van der Waals surface area contributed by atoms with Gasteiger partial charge in [-0.3, -0.25) is 0 Å². The first-order valence-electron chi connectivity index (χ1n) is 6.73. The molecular formula is C15H24N2O. The second-order valence-electron chi connectivity index (χ2n) is 5.50. The zero-order chi connectivity index (χ0) is 13.0. The van der Waals surface area contributed by atoms with Crippen LogP contribution >= 0.6 is 0 Å². The second kappa shape index (κ2) is 5.61. The molecule has 0 amide bonds. The predicted octanol–water partition coefficient (Wildman–Crippen LogP) is 2.66. The maximum Gasteiger partial charge on any atom is 0.119 e. The molecule has 0 radical (unpaired) electrons. The lowest BCUT2D eigenvalue weighted by Gasteiger charge is -2.38. The quantitative estimate of drug-likeness (QED) is 0.886. The first-order chi connectivity index (χ1) is 8.63. The number of methoxy groups -OCH3 is 1. The summed E-state index contributed by atoms with van der Waals surface area (Å²) < 4.78 is 5.19. The van der Waals surface area contributed by atoms with E-state index in [4.69, 9.17) is 4.74 Å². The van der Waals surface area contributed by atoms with Crippen molar-refractivity contribution >= 4 is 5.69 Å². The Bertz CT molecular complexity index is 369. The summed E-state index contributed by atoms with van der Waals surface area (Å²) in [4.78, 5) is 2.32. The minimum Gasteiger partial charge on any atom is -0.497 e. The van der Waals surface area contributed by atoms with Crippen molar-refractivity contribution in [2.45, 2.75) is 31.7 Å². The standard InChI is InChI=1S/C15H24N2O/c1-15(10-4-5-11-16-15)12-17(2)13-6-8-14(18-3)9-7-13/h6-9,16H,4-5,10-12H2,1-3H3. The molecule has 0 spiro atoms. The van der Waals surface area contributed by atoms with Crippen molar-refractivity contribution in [3.63, 3.8) is 0 Å². The van der Waals surface area contributed by atoms with Gasteiger partial charge < -0.3 is 15.0 Å². The topological polar surface area (TPSA) is 24.5 Å². The largest absolute Gasteiger partial charge is 0.497 e. The zero-order valence-electron chi connectivity index (χ0n) is 11.7. The fourth-order valence-electron chi connectivity index (χ4n) is 2.71. The van der Waals surface area contributed by atoms with E-state index in [-0.39, 0.29) is 5.54 Å². The van der Waals surface area contributed by atoms with Crippen molar-refractivity contribution in [1.82, 2.24) is 5.32 Å². The number of rotatable bonds is 4. The Morgan fingerprint density at radius 2 is 2.00 bits per heavy atom. The molecule has 1 heterocycles. The van der Waals surface area contributed by atoms with Crippen molar-refractivity contribution in [3.8, 4) is 5.75 Å². The molecule has 0 aromatic heterocycles. The smallest absolute Gasteiger partial charge is 0.119 e. The maximum atomic E-state index is 5.19. The molecular weight excluding hydrogens is 224 g/mol. The highest BCUT2D eigenvalue weighted by Crippen LogP contribution is 2.23. The van der Waals surface area contributed by atoms with Gasteiger partial charge in [0.15, 0.2) is 0 Å². The Balaban J connectivity index is 1.99. The molecule has 0 bridgehead atoms. The minimum atomic E-state index is 0.243. The Labute approximate surface area is 110 Å². The summed E-state index contributed by atoms with van der Waals surface area (Å²) in [6.07, 6.45) is 3.90. The Morgan fingerprint density at radius 3 is 2.56 bits per heavy atom. The van der Waals surface area contributed by atoms with E-state index in [0.717, 1.165) is 18.8 Å². The van der Waals surface area contributed by atoms with Gasteiger partial charge in [0.1, 0.15) is 5.75 Å². The van der Waals surface area contributed by atoms with Gasteiger partial charge in [-0.2, -0.15) is 0 Å². The summed E-state index contributed by atoms with van der Waals surface area (Å²) in [6, 6.07) is 8.26. The lowest BCUT2D eigenvalue weighted by atomic mass is 9.90. The first-order valence-corrected chi connectivity index (χ1v) is 6.73. The van der Waals surface area contributed by atoms with Crippen LogP contribution in [0.2, 0.25) is 0 Å². The fourth-order valence-corrected chi connectivity index (χ4v) is 2.71. The molecule has 1 aromatic rings. The minimum absolute atomic E-state index is 0.243. The Kier molecular flexibility index (Phi) is 4.12. The molecule has 3 heteroatoms. The van der Waals surface area contributed by atoms with Crippen LogP contribution in [0, 0.1) is 0 Å². The van der Waals surface area contributed by atoms with Crippen molar-refractivity contribution in [2.75, 3.05) is 32.1 Å². The average Bonchev–Trinajstić information content (AvgIpc) is 2.39. The molecule has 0 saturated carbocycles. The summed E-state index contributed by atoms with van der Waals surface area (Å²) in [6.45, 7) is 4.51. The molecule has 0 aliphatic carbocycles. The fraction of sp³-hybridized carbons (Fsp3) is 0.600. The van der Waals surface area contributed by atoms with Crippen LogP contribution < -0.4 is 15.0 Å². The van der Waals surface area contributed by atoms with Crippen LogP contribution in [0.3, 0.4) is 0 Å². The van der Waals surface area contributed by atoms with Crippen LogP contribution in [0.15, 0.2) is 24.3 Å². The van der Waals surface area contributed by atoms with Crippen molar-refractivity contribution in [1.29, 1.82) is 0 Å². The van der Waals surface area contributed by atoms with E-state index in [1.807, 2.05) is 12.1 Å². The van der Waals surface area contributed by atoms with Crippen LogP contribution in [0.4, 0.5) is 5.69 Å². The highest BCUT2D eigenvalue weighted by molar-refractivity contribution is 5.48. The summed E-state index contributed by atoms with van der Waals surface area (Å²) in [5, 5.41) is 3.65. The number of hydrogen-bond donors (Lipinski definition) is 1. The number of nitrogens with zero attached hydrogens (tertiary/aromatic N) is 1. The van der Waals surface area contributed by atoms with Crippen LogP contribution in [0.5, 0.6) is 5.75 Å². The number of piperidine rings is 1. The van der Waals surface area contributed by atoms with Crippen molar-refractivity contribution < 1.29 is 4.74 Å². The predicted molar refractivity (Wildman–Crippen MR) is 76.5 cm³/mol. The third-order valence-electron chi connectivity index (χ3n) is 3.81. The highest BCUT2D eigenvalue weighted by Gasteiger charge is 2.27. The Morgan fingerprint density at radius 1 is 1.28 bits per heavy atom. The average molecular weight is 248 g/mol. The third-order valence-corrected chi connectivity index (χ3v) is 3.81. The van der Waals surface area contributed by atoms with E-state index < -0.39 is 0 Å². The molecule has 3 nitrogen and oxygen atoms in total. The highest BCUT2D eigenvalue weighted by atomic mass is 16.5. The monoisotopic (exact) mass is 248 g/mol. The van der Waals surface area contributed by atoms with Crippen molar-refractivity contribution in [2.24, 2.45) is 0 Å². The normalized spacial score (nSPS) is 23.7. The number of benzene rings is 1. The molecule has 1 unspecified atom stereocenters. The van der Waals surface area contributed by atoms with E-state index in [2.05, 4.69) is 36.3 Å². The van der Waals surface area contributed by atoms with Gasteiger partial charge in [0, 0.05) is 24.8 Å². The van der Waals surface area contributed by atoms with E-state index in [0.29, 0.717) is 0 Å². The van der Waals surface area contributed by atoms with E-state index in [9.17, 15) is 0 Å². The summed E-state index contributed by atoms with van der Waals surface area (Å²) in [5.41, 5.74) is 1.48. The van der Waals surface area contributed by atoms with E-state index in [1.165, 1.54) is 24.9 Å². The maximum absolute atomic E-state index is 5.19.